The van der Waals surface area contributed by atoms with Crippen LogP contribution >= 0.6 is 0 Å². The van der Waals surface area contributed by atoms with Crippen LogP contribution in [0.3, 0.4) is 0 Å². The maximum atomic E-state index is 13.2. The molecule has 1 aliphatic rings. The minimum Gasteiger partial charge on any atom is -0.356 e. The number of aromatic nitrogens is 4. The van der Waals surface area contributed by atoms with Gasteiger partial charge in [-0.15, -0.1) is 0 Å². The average molecular weight is 441 g/mol. The molecule has 7 heteroatoms. The zero-order chi connectivity index (χ0) is 22.8. The molecule has 1 amide bonds. The number of fused-ring (bicyclic) bond motifs is 1. The van der Waals surface area contributed by atoms with E-state index in [1.54, 1.807) is 12.4 Å². The molecule has 33 heavy (non-hydrogen) atoms. The molecule has 5 rings (SSSR count). The van der Waals surface area contributed by atoms with E-state index in [2.05, 4.69) is 45.7 Å². The van der Waals surface area contributed by atoms with Crippen LogP contribution in [-0.2, 0) is 6.54 Å². The van der Waals surface area contributed by atoms with E-state index in [0.29, 0.717) is 6.54 Å². The molecule has 0 radical (unpaired) electrons. The van der Waals surface area contributed by atoms with Crippen molar-refractivity contribution in [1.82, 2.24) is 24.8 Å². The van der Waals surface area contributed by atoms with E-state index in [4.69, 9.17) is 9.97 Å². The third-order valence-electron chi connectivity index (χ3n) is 6.38. The van der Waals surface area contributed by atoms with Gasteiger partial charge < -0.3 is 10.2 Å². The number of piperidine rings is 1. The molecule has 0 unspecified atom stereocenters. The van der Waals surface area contributed by atoms with Gasteiger partial charge in [0.05, 0.1) is 5.39 Å². The molecule has 1 N–H and O–H groups in total. The number of anilines is 1. The number of para-hydroxylation sites is 1. The molecule has 0 spiro atoms. The van der Waals surface area contributed by atoms with Crippen LogP contribution in [0, 0.1) is 13.8 Å². The monoisotopic (exact) mass is 440 g/mol. The highest BCUT2D eigenvalue weighted by Gasteiger charge is 2.25. The zero-order valence-corrected chi connectivity index (χ0v) is 19.1. The van der Waals surface area contributed by atoms with E-state index < -0.39 is 0 Å². The lowest BCUT2D eigenvalue weighted by molar-refractivity contribution is 0.0941. The first-order valence-electron chi connectivity index (χ1n) is 11.5. The quantitative estimate of drug-likeness (QED) is 0.499. The Kier molecular flexibility index (Phi) is 5.77. The summed E-state index contributed by atoms with van der Waals surface area (Å²) in [5, 5.41) is 3.99. The Bertz CT molecular complexity index is 1280. The second kappa shape index (κ2) is 9.02. The number of nitrogens with zero attached hydrogens (tertiary/aromatic N) is 5. The number of carbonyl (C=O) groups excluding carboxylic acids is 1. The van der Waals surface area contributed by atoms with Gasteiger partial charge in [-0.1, -0.05) is 24.3 Å². The molecule has 1 saturated heterocycles. The van der Waals surface area contributed by atoms with E-state index in [0.717, 1.165) is 65.3 Å². The molecular weight excluding hydrogens is 412 g/mol. The standard InChI is InChI=1S/C26H28N6O/c1-18-19(2)32(21-11-5-3-6-12-21)25-22(18)24(31-14-7-4-8-15-31)29-23(30-25)26(33)28-17-20-10-9-13-27-16-20/h3,5-6,9-13,16H,4,7-8,14-15,17H2,1-2H3,(H,28,33). The summed E-state index contributed by atoms with van der Waals surface area (Å²) in [6, 6.07) is 14.0. The SMILES string of the molecule is Cc1c(C)n(-c2ccccc2)c2nc(C(=O)NCc3cccnc3)nc(N3CCCCC3)c12. The van der Waals surface area contributed by atoms with Crippen LogP contribution in [0.4, 0.5) is 5.82 Å². The second-order valence-electron chi connectivity index (χ2n) is 8.54. The highest BCUT2D eigenvalue weighted by Crippen LogP contribution is 2.34. The Morgan fingerprint density at radius 1 is 1.00 bits per heavy atom. The minimum atomic E-state index is -0.282. The summed E-state index contributed by atoms with van der Waals surface area (Å²) in [4.78, 5) is 29.2. The van der Waals surface area contributed by atoms with Gasteiger partial charge >= 0.3 is 0 Å². The van der Waals surface area contributed by atoms with Gasteiger partial charge in [0.2, 0.25) is 5.82 Å². The van der Waals surface area contributed by atoms with Gasteiger partial charge in [0.1, 0.15) is 5.82 Å². The Morgan fingerprint density at radius 3 is 2.52 bits per heavy atom. The number of aryl methyl sites for hydroxylation is 1. The Labute approximate surface area is 193 Å². The number of carbonyl (C=O) groups is 1. The Balaban J connectivity index is 1.63. The lowest BCUT2D eigenvalue weighted by atomic mass is 10.1. The van der Waals surface area contributed by atoms with Crippen LogP contribution in [0.1, 0.15) is 46.7 Å². The molecular formula is C26H28N6O. The Hall–Kier alpha value is -3.74. The predicted molar refractivity (Wildman–Crippen MR) is 130 cm³/mol. The first kappa shape index (κ1) is 21.1. The first-order chi connectivity index (χ1) is 16.1. The Morgan fingerprint density at radius 2 is 1.79 bits per heavy atom. The van der Waals surface area contributed by atoms with Gasteiger partial charge in [-0.25, -0.2) is 9.97 Å². The van der Waals surface area contributed by atoms with Crippen LogP contribution in [0.15, 0.2) is 54.9 Å². The van der Waals surface area contributed by atoms with Crippen LogP contribution in [0.2, 0.25) is 0 Å². The third kappa shape index (κ3) is 4.06. The van der Waals surface area contributed by atoms with Gasteiger partial charge in [0.15, 0.2) is 5.65 Å². The van der Waals surface area contributed by atoms with Gasteiger partial charge in [0.25, 0.3) is 5.91 Å². The molecule has 0 bridgehead atoms. The molecule has 168 valence electrons. The topological polar surface area (TPSA) is 75.9 Å². The van der Waals surface area contributed by atoms with Crippen molar-refractivity contribution in [1.29, 1.82) is 0 Å². The second-order valence-corrected chi connectivity index (χ2v) is 8.54. The van der Waals surface area contributed by atoms with Crippen molar-refractivity contribution in [3.05, 3.63) is 77.5 Å². The summed E-state index contributed by atoms with van der Waals surface area (Å²) in [7, 11) is 0. The molecule has 4 aromatic rings. The van der Waals surface area contributed by atoms with Crippen LogP contribution in [0.25, 0.3) is 16.7 Å². The van der Waals surface area contributed by atoms with Crippen molar-refractivity contribution in [2.24, 2.45) is 0 Å². The summed E-state index contributed by atoms with van der Waals surface area (Å²) in [5.41, 5.74) is 4.99. The van der Waals surface area contributed by atoms with Crippen molar-refractivity contribution < 1.29 is 4.79 Å². The van der Waals surface area contributed by atoms with E-state index in [9.17, 15) is 4.79 Å². The van der Waals surface area contributed by atoms with E-state index >= 15 is 0 Å². The zero-order valence-electron chi connectivity index (χ0n) is 19.1. The summed E-state index contributed by atoms with van der Waals surface area (Å²) in [6.07, 6.45) is 6.95. The summed E-state index contributed by atoms with van der Waals surface area (Å²) >= 11 is 0. The number of benzene rings is 1. The summed E-state index contributed by atoms with van der Waals surface area (Å²) in [6.45, 7) is 6.49. The van der Waals surface area contributed by atoms with Crippen LogP contribution in [0.5, 0.6) is 0 Å². The fourth-order valence-corrected chi connectivity index (χ4v) is 4.54. The highest BCUT2D eigenvalue weighted by atomic mass is 16.2. The molecule has 0 atom stereocenters. The smallest absolute Gasteiger partial charge is 0.289 e. The van der Waals surface area contributed by atoms with Crippen molar-refractivity contribution >= 4 is 22.8 Å². The summed E-state index contributed by atoms with van der Waals surface area (Å²) < 4.78 is 2.14. The van der Waals surface area contributed by atoms with E-state index in [1.165, 1.54) is 6.42 Å². The first-order valence-corrected chi connectivity index (χ1v) is 11.5. The van der Waals surface area contributed by atoms with Crippen LogP contribution < -0.4 is 10.2 Å². The van der Waals surface area contributed by atoms with Crippen LogP contribution in [-0.4, -0.2) is 38.5 Å². The summed E-state index contributed by atoms with van der Waals surface area (Å²) in [5.74, 6) is 0.776. The fourth-order valence-electron chi connectivity index (χ4n) is 4.54. The molecule has 1 aromatic carbocycles. The lowest BCUT2D eigenvalue weighted by Crippen LogP contribution is -2.32. The number of hydrogen-bond donors (Lipinski definition) is 1. The molecule has 7 nitrogen and oxygen atoms in total. The molecule has 1 aliphatic heterocycles. The van der Waals surface area contributed by atoms with E-state index in [-0.39, 0.29) is 11.7 Å². The van der Waals surface area contributed by atoms with E-state index in [1.807, 2.05) is 30.3 Å². The van der Waals surface area contributed by atoms with Gasteiger partial charge in [-0.3, -0.25) is 14.3 Å². The molecule has 1 fully saturated rings. The highest BCUT2D eigenvalue weighted by molar-refractivity contribution is 5.98. The number of rotatable bonds is 5. The average Bonchev–Trinajstić information content (AvgIpc) is 3.13. The number of hydrogen-bond acceptors (Lipinski definition) is 5. The molecule has 0 aliphatic carbocycles. The molecule has 4 heterocycles. The molecule has 0 saturated carbocycles. The molecule has 3 aromatic heterocycles. The van der Waals surface area contributed by atoms with Gasteiger partial charge in [-0.05, 0) is 62.4 Å². The number of amides is 1. The largest absolute Gasteiger partial charge is 0.356 e. The van der Waals surface area contributed by atoms with Crippen molar-refractivity contribution in [2.45, 2.75) is 39.7 Å². The minimum absolute atomic E-state index is 0.196. The van der Waals surface area contributed by atoms with Gasteiger partial charge in [-0.2, -0.15) is 0 Å². The van der Waals surface area contributed by atoms with Crippen molar-refractivity contribution in [3.63, 3.8) is 0 Å². The number of nitrogens with one attached hydrogen (secondary N) is 1. The third-order valence-corrected chi connectivity index (χ3v) is 6.38. The van der Waals surface area contributed by atoms with Crippen molar-refractivity contribution in [3.8, 4) is 5.69 Å². The predicted octanol–water partition coefficient (Wildman–Crippen LogP) is 4.35. The fraction of sp³-hybridized carbons (Fsp3) is 0.308. The number of pyridine rings is 1. The maximum absolute atomic E-state index is 13.2. The van der Waals surface area contributed by atoms with Gasteiger partial charge in [0, 0.05) is 43.4 Å². The lowest BCUT2D eigenvalue weighted by Gasteiger charge is -2.28. The maximum Gasteiger partial charge on any atom is 0.289 e. The normalized spacial score (nSPS) is 13.9. The van der Waals surface area contributed by atoms with Crippen molar-refractivity contribution in [2.75, 3.05) is 18.0 Å².